The standard InChI is InChI=1S/C11H6ClF2N3O3/c1-5-10(12)15-4-16-11(5)20-9-3-6(13)8(17(18)19)2-7(9)14/h2-4H,1H3. The molecule has 1 aromatic carbocycles. The molecule has 2 aromatic rings. The molecule has 0 fully saturated rings. The van der Waals surface area contributed by atoms with Crippen LogP contribution in [0.2, 0.25) is 5.15 Å². The van der Waals surface area contributed by atoms with Gasteiger partial charge in [-0.1, -0.05) is 11.6 Å². The summed E-state index contributed by atoms with van der Waals surface area (Å²) >= 11 is 5.73. The van der Waals surface area contributed by atoms with Gasteiger partial charge in [0.2, 0.25) is 11.7 Å². The summed E-state index contributed by atoms with van der Waals surface area (Å²) in [6.07, 6.45) is 1.09. The first kappa shape index (κ1) is 14.1. The van der Waals surface area contributed by atoms with Crippen LogP contribution in [0, 0.1) is 28.7 Å². The molecule has 0 spiro atoms. The van der Waals surface area contributed by atoms with Gasteiger partial charge in [0.25, 0.3) is 0 Å². The zero-order valence-corrected chi connectivity index (χ0v) is 10.7. The van der Waals surface area contributed by atoms with E-state index in [1.165, 1.54) is 6.92 Å². The molecule has 0 atom stereocenters. The summed E-state index contributed by atoms with van der Waals surface area (Å²) in [6.45, 7) is 1.53. The van der Waals surface area contributed by atoms with Gasteiger partial charge in [-0.05, 0) is 6.92 Å². The van der Waals surface area contributed by atoms with Crippen molar-refractivity contribution in [2.24, 2.45) is 0 Å². The van der Waals surface area contributed by atoms with Crippen molar-refractivity contribution in [3.63, 3.8) is 0 Å². The third kappa shape index (κ3) is 2.64. The molecule has 6 nitrogen and oxygen atoms in total. The third-order valence-electron chi connectivity index (χ3n) is 2.38. The lowest BCUT2D eigenvalue weighted by atomic mass is 10.2. The molecule has 0 aliphatic heterocycles. The number of nitro groups is 1. The van der Waals surface area contributed by atoms with E-state index in [1.54, 1.807) is 0 Å². The zero-order chi connectivity index (χ0) is 14.9. The van der Waals surface area contributed by atoms with Crippen molar-refractivity contribution in [3.8, 4) is 11.6 Å². The molecule has 0 unspecified atom stereocenters. The van der Waals surface area contributed by atoms with Crippen LogP contribution < -0.4 is 4.74 Å². The summed E-state index contributed by atoms with van der Waals surface area (Å²) in [5, 5.41) is 10.6. The predicted octanol–water partition coefficient (Wildman–Crippen LogP) is 3.42. The van der Waals surface area contributed by atoms with Crippen LogP contribution in [0.15, 0.2) is 18.5 Å². The number of nitrogens with zero attached hydrogens (tertiary/aromatic N) is 3. The number of halogens is 3. The molecule has 1 heterocycles. The fraction of sp³-hybridized carbons (Fsp3) is 0.0909. The molecule has 2 rings (SSSR count). The fourth-order valence-electron chi connectivity index (χ4n) is 1.36. The Hall–Kier alpha value is -2.35. The molecule has 9 heteroatoms. The van der Waals surface area contributed by atoms with Crippen LogP contribution in [0.5, 0.6) is 11.6 Å². The molecule has 0 aliphatic carbocycles. The van der Waals surface area contributed by atoms with Gasteiger partial charge in [0.05, 0.1) is 11.0 Å². The first-order valence-electron chi connectivity index (χ1n) is 5.18. The molecule has 0 aliphatic rings. The number of hydrogen-bond acceptors (Lipinski definition) is 5. The maximum Gasteiger partial charge on any atom is 0.307 e. The minimum absolute atomic E-state index is 0.0721. The van der Waals surface area contributed by atoms with E-state index in [9.17, 15) is 18.9 Å². The van der Waals surface area contributed by atoms with Crippen molar-refractivity contribution in [3.05, 3.63) is 50.9 Å². The predicted molar refractivity (Wildman–Crippen MR) is 64.9 cm³/mol. The lowest BCUT2D eigenvalue weighted by Crippen LogP contribution is -1.99. The minimum Gasteiger partial charge on any atom is -0.435 e. The number of ether oxygens (including phenoxy) is 1. The monoisotopic (exact) mass is 301 g/mol. The van der Waals surface area contributed by atoms with Gasteiger partial charge in [0.15, 0.2) is 11.6 Å². The Labute approximate surface area is 116 Å². The van der Waals surface area contributed by atoms with Crippen LogP contribution >= 0.6 is 11.6 Å². The van der Waals surface area contributed by atoms with Crippen molar-refractivity contribution in [1.29, 1.82) is 0 Å². The highest BCUT2D eigenvalue weighted by molar-refractivity contribution is 6.30. The second-order valence-electron chi connectivity index (χ2n) is 3.69. The van der Waals surface area contributed by atoms with Gasteiger partial charge in [-0.25, -0.2) is 14.4 Å². The van der Waals surface area contributed by atoms with E-state index in [-0.39, 0.29) is 11.0 Å². The zero-order valence-electron chi connectivity index (χ0n) is 9.93. The summed E-state index contributed by atoms with van der Waals surface area (Å²) in [4.78, 5) is 16.8. The highest BCUT2D eigenvalue weighted by Gasteiger charge is 2.20. The molecular weight excluding hydrogens is 296 g/mol. The Bertz CT molecular complexity index is 697. The van der Waals surface area contributed by atoms with Crippen LogP contribution in [0.25, 0.3) is 0 Å². The molecule has 104 valence electrons. The smallest absolute Gasteiger partial charge is 0.307 e. The maximum absolute atomic E-state index is 13.6. The summed E-state index contributed by atoms with van der Waals surface area (Å²) < 4.78 is 32.1. The summed E-state index contributed by atoms with van der Waals surface area (Å²) in [7, 11) is 0. The number of aromatic nitrogens is 2. The Morgan fingerprint density at radius 2 is 2.00 bits per heavy atom. The van der Waals surface area contributed by atoms with Crippen molar-refractivity contribution >= 4 is 17.3 Å². The summed E-state index contributed by atoms with van der Waals surface area (Å²) in [5.41, 5.74) is -0.653. The van der Waals surface area contributed by atoms with Crippen LogP contribution in [0.1, 0.15) is 5.56 Å². The molecule has 20 heavy (non-hydrogen) atoms. The van der Waals surface area contributed by atoms with Gasteiger partial charge in [0.1, 0.15) is 11.5 Å². The molecule has 0 amide bonds. The van der Waals surface area contributed by atoms with E-state index < -0.39 is 28.0 Å². The quantitative estimate of drug-likeness (QED) is 0.493. The Balaban J connectivity index is 2.42. The first-order valence-corrected chi connectivity index (χ1v) is 5.56. The molecule has 0 saturated heterocycles. The normalized spacial score (nSPS) is 10.4. The summed E-state index contributed by atoms with van der Waals surface area (Å²) in [5.74, 6) is -2.92. The number of nitro benzene ring substituents is 1. The maximum atomic E-state index is 13.6. The van der Waals surface area contributed by atoms with Gasteiger partial charge in [-0.15, -0.1) is 0 Å². The van der Waals surface area contributed by atoms with Gasteiger partial charge in [-0.2, -0.15) is 4.39 Å². The van der Waals surface area contributed by atoms with Crippen molar-refractivity contribution < 1.29 is 18.4 Å². The van der Waals surface area contributed by atoms with E-state index in [0.29, 0.717) is 17.7 Å². The second-order valence-corrected chi connectivity index (χ2v) is 4.05. The topological polar surface area (TPSA) is 78.2 Å². The van der Waals surface area contributed by atoms with Crippen LogP contribution in [-0.4, -0.2) is 14.9 Å². The van der Waals surface area contributed by atoms with Crippen LogP contribution in [0.3, 0.4) is 0 Å². The Kier molecular flexibility index (Phi) is 3.75. The lowest BCUT2D eigenvalue weighted by molar-refractivity contribution is -0.387. The van der Waals surface area contributed by atoms with Crippen LogP contribution in [-0.2, 0) is 0 Å². The van der Waals surface area contributed by atoms with Crippen molar-refractivity contribution in [2.75, 3.05) is 0 Å². The van der Waals surface area contributed by atoms with Gasteiger partial charge in [0, 0.05) is 11.6 Å². The highest BCUT2D eigenvalue weighted by Crippen LogP contribution is 2.31. The Morgan fingerprint density at radius 1 is 1.30 bits per heavy atom. The van der Waals surface area contributed by atoms with Gasteiger partial charge >= 0.3 is 5.69 Å². The highest BCUT2D eigenvalue weighted by atomic mass is 35.5. The van der Waals surface area contributed by atoms with E-state index in [4.69, 9.17) is 16.3 Å². The number of hydrogen-bond donors (Lipinski definition) is 0. The van der Waals surface area contributed by atoms with Crippen molar-refractivity contribution in [2.45, 2.75) is 6.92 Å². The second kappa shape index (κ2) is 5.33. The van der Waals surface area contributed by atoms with E-state index >= 15 is 0 Å². The van der Waals surface area contributed by atoms with E-state index in [0.717, 1.165) is 6.33 Å². The molecule has 0 radical (unpaired) electrons. The Morgan fingerprint density at radius 3 is 2.65 bits per heavy atom. The molecule has 0 N–H and O–H groups in total. The molecular formula is C11H6ClF2N3O3. The van der Waals surface area contributed by atoms with Gasteiger partial charge in [-0.3, -0.25) is 10.1 Å². The van der Waals surface area contributed by atoms with Crippen molar-refractivity contribution in [1.82, 2.24) is 9.97 Å². The molecule has 0 saturated carbocycles. The number of benzene rings is 1. The largest absolute Gasteiger partial charge is 0.435 e. The molecule has 0 bridgehead atoms. The summed E-state index contributed by atoms with van der Waals surface area (Å²) in [6, 6.07) is 1.01. The SMILES string of the molecule is Cc1c(Cl)ncnc1Oc1cc(F)c([N+](=O)[O-])cc1F. The average Bonchev–Trinajstić information content (AvgIpc) is 2.38. The van der Waals surface area contributed by atoms with E-state index in [1.807, 2.05) is 0 Å². The van der Waals surface area contributed by atoms with Gasteiger partial charge < -0.3 is 4.74 Å². The van der Waals surface area contributed by atoms with E-state index in [2.05, 4.69) is 9.97 Å². The third-order valence-corrected chi connectivity index (χ3v) is 2.76. The first-order chi connectivity index (χ1) is 9.40. The fourth-order valence-corrected chi connectivity index (χ4v) is 1.48. The number of rotatable bonds is 3. The minimum atomic E-state index is -1.22. The van der Waals surface area contributed by atoms with Crippen LogP contribution in [0.4, 0.5) is 14.5 Å². The molecule has 1 aromatic heterocycles. The lowest BCUT2D eigenvalue weighted by Gasteiger charge is -2.08. The average molecular weight is 302 g/mol.